The zero-order valence-corrected chi connectivity index (χ0v) is 22.4. The van der Waals surface area contributed by atoms with E-state index in [-0.39, 0.29) is 29.3 Å². The van der Waals surface area contributed by atoms with Gasteiger partial charge in [-0.3, -0.25) is 14.9 Å². The van der Waals surface area contributed by atoms with Gasteiger partial charge in [-0.25, -0.2) is 4.99 Å². The van der Waals surface area contributed by atoms with E-state index in [0.717, 1.165) is 29.7 Å². The summed E-state index contributed by atoms with van der Waals surface area (Å²) in [5.74, 6) is 1.49. The van der Waals surface area contributed by atoms with Crippen LogP contribution in [0.4, 0.5) is 10.7 Å². The number of nitro groups is 1. The molecule has 3 aromatic rings. The zero-order valence-electron chi connectivity index (χ0n) is 21.6. The number of furan rings is 1. The highest BCUT2D eigenvalue weighted by atomic mass is 32.1. The molecule has 0 saturated carbocycles. The molecule has 1 N–H and O–H groups in total. The van der Waals surface area contributed by atoms with Crippen LogP contribution in [0.5, 0.6) is 11.5 Å². The molecule has 1 aliphatic carbocycles. The van der Waals surface area contributed by atoms with Crippen LogP contribution in [0.3, 0.4) is 0 Å². The van der Waals surface area contributed by atoms with Crippen molar-refractivity contribution >= 4 is 34.1 Å². The summed E-state index contributed by atoms with van der Waals surface area (Å²) in [5, 5.41) is 15.0. The number of rotatable bonds is 8. The molecular formula is C27H31N3O6S. The lowest BCUT2D eigenvalue weighted by molar-refractivity contribution is -0.385. The number of aliphatic imine (C=N–C) groups is 1. The summed E-state index contributed by atoms with van der Waals surface area (Å²) in [6.07, 6.45) is 5.73. The van der Waals surface area contributed by atoms with Crippen molar-refractivity contribution in [3.8, 4) is 11.5 Å². The summed E-state index contributed by atoms with van der Waals surface area (Å²) in [4.78, 5) is 30.2. The maximum atomic E-state index is 13.4. The smallest absolute Gasteiger partial charge is 0.274 e. The molecule has 0 radical (unpaired) electrons. The lowest BCUT2D eigenvalue weighted by Gasteiger charge is -2.33. The van der Waals surface area contributed by atoms with E-state index in [4.69, 9.17) is 13.9 Å². The average Bonchev–Trinajstić information content (AvgIpc) is 3.51. The molecule has 0 fully saturated rings. The van der Waals surface area contributed by atoms with Crippen LogP contribution >= 0.6 is 11.3 Å². The molecule has 0 spiro atoms. The molecule has 1 aromatic carbocycles. The highest BCUT2D eigenvalue weighted by Gasteiger charge is 2.33. The predicted octanol–water partition coefficient (Wildman–Crippen LogP) is 6.10. The summed E-state index contributed by atoms with van der Waals surface area (Å²) >= 11 is 1.50. The number of nitrogens with zero attached hydrogens (tertiary/aromatic N) is 2. The number of non-ortho nitro benzene ring substituents is 1. The van der Waals surface area contributed by atoms with E-state index in [1.807, 2.05) is 0 Å². The second-order valence-corrected chi connectivity index (χ2v) is 11.1. The van der Waals surface area contributed by atoms with Gasteiger partial charge in [0.2, 0.25) is 0 Å². The topological polar surface area (TPSA) is 116 Å². The van der Waals surface area contributed by atoms with Gasteiger partial charge in [0, 0.05) is 22.7 Å². The van der Waals surface area contributed by atoms with Gasteiger partial charge < -0.3 is 19.2 Å². The van der Waals surface area contributed by atoms with E-state index in [2.05, 4.69) is 31.1 Å². The third kappa shape index (κ3) is 5.69. The highest BCUT2D eigenvalue weighted by molar-refractivity contribution is 7.16. The van der Waals surface area contributed by atoms with Crippen LogP contribution in [0, 0.1) is 21.4 Å². The van der Waals surface area contributed by atoms with Crippen LogP contribution in [0.1, 0.15) is 59.3 Å². The van der Waals surface area contributed by atoms with Gasteiger partial charge in [0.15, 0.2) is 11.5 Å². The molecule has 196 valence electrons. The Labute approximate surface area is 219 Å². The van der Waals surface area contributed by atoms with Crippen LogP contribution in [-0.2, 0) is 19.4 Å². The summed E-state index contributed by atoms with van der Waals surface area (Å²) < 4.78 is 16.1. The van der Waals surface area contributed by atoms with Crippen LogP contribution in [0.15, 0.2) is 39.9 Å². The standard InChI is InChI=1S/C27H31N3O6S/c1-27(2,3)17-8-9-20-22(12-17)37-26(23(20)25(31)28-15-19-7-6-10-36-19)29-14-16-11-18(30(32)33)13-21(34-4)24(16)35-5/h6-7,10-11,13-14,17H,8-9,12,15H2,1-5H3,(H,28,31)/t17-/m1/s1. The second-order valence-electron chi connectivity index (χ2n) is 10.0. The van der Waals surface area contributed by atoms with Crippen molar-refractivity contribution in [3.05, 3.63) is 68.0 Å². The van der Waals surface area contributed by atoms with Gasteiger partial charge in [-0.05, 0) is 48.3 Å². The fraction of sp³-hybridized carbons (Fsp3) is 0.407. The van der Waals surface area contributed by atoms with Gasteiger partial charge in [-0.2, -0.15) is 0 Å². The van der Waals surface area contributed by atoms with E-state index in [9.17, 15) is 14.9 Å². The number of hydrogen-bond acceptors (Lipinski definition) is 8. The normalized spacial score (nSPS) is 15.4. The number of fused-ring (bicyclic) bond motifs is 1. The van der Waals surface area contributed by atoms with Crippen LogP contribution in [0.25, 0.3) is 0 Å². The number of nitrogens with one attached hydrogen (secondary N) is 1. The predicted molar refractivity (Wildman–Crippen MR) is 143 cm³/mol. The SMILES string of the molecule is COc1cc([N+](=O)[O-])cc(C=Nc2sc3c(c2C(=O)NCc2ccco2)CC[C@@H](C(C)(C)C)C3)c1OC. The van der Waals surface area contributed by atoms with Gasteiger partial charge in [-0.15, -0.1) is 11.3 Å². The number of hydrogen-bond donors (Lipinski definition) is 1. The Morgan fingerprint density at radius 1 is 1.32 bits per heavy atom. The molecule has 0 saturated heterocycles. The molecule has 10 heteroatoms. The molecule has 0 aliphatic heterocycles. The molecule has 9 nitrogen and oxygen atoms in total. The number of methoxy groups -OCH3 is 2. The molecule has 2 heterocycles. The maximum Gasteiger partial charge on any atom is 0.274 e. The molecule has 0 bridgehead atoms. The van der Waals surface area contributed by atoms with Crippen LogP contribution in [-0.4, -0.2) is 31.3 Å². The minimum Gasteiger partial charge on any atom is -0.493 e. The first kappa shape index (κ1) is 26.4. The average molecular weight is 526 g/mol. The fourth-order valence-electron chi connectivity index (χ4n) is 4.61. The van der Waals surface area contributed by atoms with E-state index >= 15 is 0 Å². The highest BCUT2D eigenvalue weighted by Crippen LogP contribution is 2.45. The van der Waals surface area contributed by atoms with Crippen molar-refractivity contribution in [2.75, 3.05) is 14.2 Å². The second kappa shape index (κ2) is 10.8. The quantitative estimate of drug-likeness (QED) is 0.216. The molecule has 1 amide bonds. The first-order valence-electron chi connectivity index (χ1n) is 12.0. The number of carbonyl (C=O) groups excluding carboxylic acids is 1. The molecular weight excluding hydrogens is 494 g/mol. The summed E-state index contributed by atoms with van der Waals surface area (Å²) in [6.45, 7) is 7.00. The molecule has 0 unspecified atom stereocenters. The Kier molecular flexibility index (Phi) is 7.68. The van der Waals surface area contributed by atoms with Crippen LogP contribution < -0.4 is 14.8 Å². The fourth-order valence-corrected chi connectivity index (χ4v) is 5.88. The Morgan fingerprint density at radius 2 is 2.11 bits per heavy atom. The lowest BCUT2D eigenvalue weighted by atomic mass is 9.72. The summed E-state index contributed by atoms with van der Waals surface area (Å²) in [6, 6.07) is 6.26. The van der Waals surface area contributed by atoms with Crippen molar-refractivity contribution in [3.63, 3.8) is 0 Å². The van der Waals surface area contributed by atoms with Gasteiger partial charge in [0.1, 0.15) is 10.8 Å². The van der Waals surface area contributed by atoms with E-state index in [1.165, 1.54) is 43.9 Å². The van der Waals surface area contributed by atoms with E-state index in [1.54, 1.807) is 18.4 Å². The van der Waals surface area contributed by atoms with E-state index < -0.39 is 4.92 Å². The summed E-state index contributed by atoms with van der Waals surface area (Å²) in [7, 11) is 2.88. The zero-order chi connectivity index (χ0) is 26.7. The molecule has 37 heavy (non-hydrogen) atoms. The lowest BCUT2D eigenvalue weighted by Crippen LogP contribution is -2.28. The number of thiophene rings is 1. The number of carbonyl (C=O) groups is 1. The van der Waals surface area contributed by atoms with Gasteiger partial charge >= 0.3 is 0 Å². The third-order valence-electron chi connectivity index (χ3n) is 6.73. The van der Waals surface area contributed by atoms with Crippen LogP contribution in [0.2, 0.25) is 0 Å². The minimum absolute atomic E-state index is 0.144. The molecule has 1 aliphatic rings. The summed E-state index contributed by atoms with van der Waals surface area (Å²) in [5.41, 5.74) is 1.97. The van der Waals surface area contributed by atoms with Gasteiger partial charge in [0.05, 0.1) is 43.6 Å². The Morgan fingerprint density at radius 3 is 2.73 bits per heavy atom. The van der Waals surface area contributed by atoms with Gasteiger partial charge in [-0.1, -0.05) is 20.8 Å². The minimum atomic E-state index is -0.497. The van der Waals surface area contributed by atoms with Crippen molar-refractivity contribution in [1.82, 2.24) is 5.32 Å². The Hall–Kier alpha value is -3.66. The largest absolute Gasteiger partial charge is 0.493 e. The van der Waals surface area contributed by atoms with Crippen molar-refractivity contribution < 1.29 is 23.6 Å². The number of benzene rings is 1. The molecule has 4 rings (SSSR count). The van der Waals surface area contributed by atoms with E-state index in [0.29, 0.717) is 33.6 Å². The first-order chi connectivity index (χ1) is 17.6. The Bertz CT molecular complexity index is 1320. The van der Waals surface area contributed by atoms with Crippen molar-refractivity contribution in [1.29, 1.82) is 0 Å². The molecule has 2 aromatic heterocycles. The number of ether oxygens (including phenoxy) is 2. The number of amides is 1. The first-order valence-corrected chi connectivity index (χ1v) is 12.8. The van der Waals surface area contributed by atoms with Crippen molar-refractivity contribution in [2.24, 2.45) is 16.3 Å². The Balaban J connectivity index is 1.74. The van der Waals surface area contributed by atoms with Crippen molar-refractivity contribution in [2.45, 2.75) is 46.6 Å². The third-order valence-corrected chi connectivity index (χ3v) is 7.89. The monoisotopic (exact) mass is 525 g/mol. The van der Waals surface area contributed by atoms with Gasteiger partial charge in [0.25, 0.3) is 11.6 Å². The maximum absolute atomic E-state index is 13.4. The number of nitro benzene ring substituents is 1. The molecule has 1 atom stereocenters.